The molecule has 1 aromatic carbocycles. The van der Waals surface area contributed by atoms with Crippen LogP contribution in [-0.4, -0.2) is 36.3 Å². The van der Waals surface area contributed by atoms with Crippen LogP contribution in [0.25, 0.3) is 0 Å². The SMILES string of the molecule is C=CCC(OS(=O)(=O)c1ccc([N+](=O)[O-])cc1)(C(C)=O)C(=O)OC(C)(C)C. The number of rotatable bonds is 8. The van der Waals surface area contributed by atoms with Crippen molar-refractivity contribution in [1.82, 2.24) is 0 Å². The quantitative estimate of drug-likeness (QED) is 0.163. The van der Waals surface area contributed by atoms with Crippen LogP contribution >= 0.6 is 0 Å². The zero-order valence-corrected chi connectivity index (χ0v) is 16.2. The molecule has 0 aliphatic rings. The Morgan fingerprint density at radius 1 is 1.22 bits per heavy atom. The number of ketones is 1. The first-order valence-electron chi connectivity index (χ1n) is 7.80. The summed E-state index contributed by atoms with van der Waals surface area (Å²) in [5.74, 6) is -2.06. The number of hydrogen-bond acceptors (Lipinski definition) is 8. The number of hydrogen-bond donors (Lipinski definition) is 0. The first kappa shape index (κ1) is 22.5. The summed E-state index contributed by atoms with van der Waals surface area (Å²) in [6.45, 7) is 9.08. The molecular weight excluding hydrogens is 378 g/mol. The molecule has 1 rings (SSSR count). The zero-order valence-electron chi connectivity index (χ0n) is 15.4. The van der Waals surface area contributed by atoms with Gasteiger partial charge in [0.2, 0.25) is 5.60 Å². The lowest BCUT2D eigenvalue weighted by Gasteiger charge is -2.31. The van der Waals surface area contributed by atoms with E-state index in [1.54, 1.807) is 20.8 Å². The molecule has 0 aliphatic carbocycles. The molecule has 10 heteroatoms. The second kappa shape index (κ2) is 7.97. The normalized spacial score (nSPS) is 14.1. The number of nitro groups is 1. The predicted octanol–water partition coefficient (Wildman–Crippen LogP) is 2.55. The molecule has 0 amide bonds. The molecule has 1 atom stereocenters. The van der Waals surface area contributed by atoms with Crippen molar-refractivity contribution in [3.63, 3.8) is 0 Å². The Kier molecular flexibility index (Phi) is 6.63. The number of esters is 1. The minimum Gasteiger partial charge on any atom is -0.457 e. The van der Waals surface area contributed by atoms with Gasteiger partial charge in [-0.05, 0) is 39.8 Å². The van der Waals surface area contributed by atoms with Crippen molar-refractivity contribution in [3.05, 3.63) is 47.0 Å². The van der Waals surface area contributed by atoms with Gasteiger partial charge in [-0.1, -0.05) is 6.08 Å². The number of carbonyl (C=O) groups excluding carboxylic acids is 2. The van der Waals surface area contributed by atoms with Crippen molar-refractivity contribution < 1.29 is 31.9 Å². The molecule has 0 radical (unpaired) electrons. The average Bonchev–Trinajstić information content (AvgIpc) is 2.52. The number of nitro benzene ring substituents is 1. The van der Waals surface area contributed by atoms with E-state index in [9.17, 15) is 28.1 Å². The predicted molar refractivity (Wildman–Crippen MR) is 95.4 cm³/mol. The van der Waals surface area contributed by atoms with Crippen LogP contribution in [0, 0.1) is 10.1 Å². The van der Waals surface area contributed by atoms with Gasteiger partial charge in [-0.2, -0.15) is 8.42 Å². The van der Waals surface area contributed by atoms with Crippen LogP contribution in [0.3, 0.4) is 0 Å². The molecule has 0 aliphatic heterocycles. The maximum atomic E-state index is 12.6. The van der Waals surface area contributed by atoms with Crippen molar-refractivity contribution in [2.24, 2.45) is 0 Å². The van der Waals surface area contributed by atoms with Gasteiger partial charge in [0.1, 0.15) is 5.60 Å². The van der Waals surface area contributed by atoms with Crippen molar-refractivity contribution in [3.8, 4) is 0 Å². The van der Waals surface area contributed by atoms with Crippen LogP contribution in [0.15, 0.2) is 41.8 Å². The zero-order chi connectivity index (χ0) is 21.0. The van der Waals surface area contributed by atoms with Crippen LogP contribution in [-0.2, 0) is 28.6 Å². The van der Waals surface area contributed by atoms with Crippen LogP contribution in [0.2, 0.25) is 0 Å². The van der Waals surface area contributed by atoms with E-state index in [4.69, 9.17) is 8.92 Å². The van der Waals surface area contributed by atoms with E-state index >= 15 is 0 Å². The van der Waals surface area contributed by atoms with Gasteiger partial charge in [0, 0.05) is 18.6 Å². The molecule has 0 spiro atoms. The summed E-state index contributed by atoms with van der Waals surface area (Å²) in [6, 6.07) is 3.82. The van der Waals surface area contributed by atoms with Gasteiger partial charge < -0.3 is 4.74 Å². The third kappa shape index (κ3) is 5.44. The van der Waals surface area contributed by atoms with Gasteiger partial charge in [-0.3, -0.25) is 14.9 Å². The number of nitrogens with zero attached hydrogens (tertiary/aromatic N) is 1. The highest BCUT2D eigenvalue weighted by Crippen LogP contribution is 2.29. The summed E-state index contributed by atoms with van der Waals surface area (Å²) in [4.78, 5) is 34.3. The fourth-order valence-electron chi connectivity index (χ4n) is 2.03. The van der Waals surface area contributed by atoms with Gasteiger partial charge in [-0.25, -0.2) is 8.98 Å². The van der Waals surface area contributed by atoms with Crippen molar-refractivity contribution >= 4 is 27.6 Å². The minimum atomic E-state index is -4.62. The van der Waals surface area contributed by atoms with Gasteiger partial charge in [0.05, 0.1) is 9.82 Å². The third-order valence-electron chi connectivity index (χ3n) is 3.32. The fourth-order valence-corrected chi connectivity index (χ4v) is 3.22. The summed E-state index contributed by atoms with van der Waals surface area (Å²) in [7, 11) is -4.62. The highest BCUT2D eigenvalue weighted by molar-refractivity contribution is 7.86. The summed E-state index contributed by atoms with van der Waals surface area (Å²) in [6.07, 6.45) is 0.722. The molecule has 0 N–H and O–H groups in total. The van der Waals surface area contributed by atoms with Crippen molar-refractivity contribution in [2.45, 2.75) is 50.2 Å². The lowest BCUT2D eigenvalue weighted by molar-refractivity contribution is -0.384. The Morgan fingerprint density at radius 2 is 1.74 bits per heavy atom. The maximum absolute atomic E-state index is 12.6. The summed E-state index contributed by atoms with van der Waals surface area (Å²) in [5.41, 5.74) is -3.78. The van der Waals surface area contributed by atoms with Crippen LogP contribution < -0.4 is 0 Å². The lowest BCUT2D eigenvalue weighted by Crippen LogP contribution is -2.52. The number of Topliss-reactive ketones (excluding diaryl/α,β-unsaturated/α-hetero) is 1. The average molecular weight is 399 g/mol. The molecule has 0 aromatic heterocycles. The van der Waals surface area contributed by atoms with Crippen molar-refractivity contribution in [1.29, 1.82) is 0 Å². The van der Waals surface area contributed by atoms with Crippen molar-refractivity contribution in [2.75, 3.05) is 0 Å². The number of ether oxygens (including phenoxy) is 1. The van der Waals surface area contributed by atoms with E-state index in [0.29, 0.717) is 0 Å². The molecule has 1 aromatic rings. The molecule has 1 unspecified atom stereocenters. The molecular formula is C17H21NO8S. The van der Waals surface area contributed by atoms with E-state index in [0.717, 1.165) is 37.3 Å². The second-order valence-corrected chi connectivity index (χ2v) is 8.21. The molecule has 0 saturated carbocycles. The number of carbonyl (C=O) groups is 2. The Morgan fingerprint density at radius 3 is 2.11 bits per heavy atom. The highest BCUT2D eigenvalue weighted by Gasteiger charge is 2.50. The summed E-state index contributed by atoms with van der Waals surface area (Å²) in [5, 5.41) is 10.7. The Hall–Kier alpha value is -2.59. The number of non-ortho nitro benzene ring substituents is 1. The Labute approximate surface area is 157 Å². The topological polar surface area (TPSA) is 130 Å². The van der Waals surface area contributed by atoms with E-state index < -0.39 is 49.3 Å². The molecule has 27 heavy (non-hydrogen) atoms. The molecule has 0 saturated heterocycles. The highest BCUT2D eigenvalue weighted by atomic mass is 32.2. The van der Waals surface area contributed by atoms with Gasteiger partial charge >= 0.3 is 5.97 Å². The fraction of sp³-hybridized carbons (Fsp3) is 0.412. The molecule has 148 valence electrons. The first-order chi connectivity index (χ1) is 12.2. The van der Waals surface area contributed by atoms with Gasteiger partial charge in [0.25, 0.3) is 15.8 Å². The van der Waals surface area contributed by atoms with E-state index in [1.165, 1.54) is 0 Å². The summed E-state index contributed by atoms with van der Waals surface area (Å²) < 4.78 is 35.4. The molecule has 0 fully saturated rings. The minimum absolute atomic E-state index is 0.329. The van der Waals surface area contributed by atoms with E-state index in [1.807, 2.05) is 0 Å². The number of benzene rings is 1. The monoisotopic (exact) mass is 399 g/mol. The van der Waals surface area contributed by atoms with Crippen LogP contribution in [0.5, 0.6) is 0 Å². The Bertz CT molecular complexity index is 852. The van der Waals surface area contributed by atoms with Crippen LogP contribution in [0.1, 0.15) is 34.1 Å². The second-order valence-electron chi connectivity index (χ2n) is 6.67. The molecule has 0 bridgehead atoms. The van der Waals surface area contributed by atoms with E-state index in [-0.39, 0.29) is 5.69 Å². The lowest BCUT2D eigenvalue weighted by atomic mass is 9.95. The summed E-state index contributed by atoms with van der Waals surface area (Å²) >= 11 is 0. The Balaban J connectivity index is 3.38. The maximum Gasteiger partial charge on any atom is 0.348 e. The van der Waals surface area contributed by atoms with E-state index in [2.05, 4.69) is 6.58 Å². The van der Waals surface area contributed by atoms with Crippen LogP contribution in [0.4, 0.5) is 5.69 Å². The molecule has 0 heterocycles. The third-order valence-corrected chi connectivity index (χ3v) is 4.67. The van der Waals surface area contributed by atoms with Gasteiger partial charge in [-0.15, -0.1) is 6.58 Å². The largest absolute Gasteiger partial charge is 0.457 e. The molecule has 9 nitrogen and oxygen atoms in total. The van der Waals surface area contributed by atoms with Gasteiger partial charge in [0.15, 0.2) is 5.78 Å². The first-order valence-corrected chi connectivity index (χ1v) is 9.21. The standard InChI is InChI=1S/C17H21NO8S/c1-6-11-17(12(2)19,15(20)25-16(3,4)5)26-27(23,24)14-9-7-13(8-10-14)18(21)22/h6-10H,1,11H2,2-5H3. The smallest absolute Gasteiger partial charge is 0.348 e.